The predicted octanol–water partition coefficient (Wildman–Crippen LogP) is 1.70. The molecule has 4 heteroatoms. The second-order valence-electron chi connectivity index (χ2n) is 4.92. The maximum atomic E-state index is 5.74. The molecule has 100 valence electrons. The van der Waals surface area contributed by atoms with Gasteiger partial charge < -0.3 is 15.5 Å². The number of nitrogens with two attached hydrogens (primary N) is 1. The smallest absolute Gasteiger partial charge is 0.104 e. The van der Waals surface area contributed by atoms with Crippen molar-refractivity contribution in [2.24, 2.45) is 5.73 Å². The molecule has 2 N–H and O–H groups in total. The average Bonchev–Trinajstić information content (AvgIpc) is 2.28. The fourth-order valence-electron chi connectivity index (χ4n) is 1.93. The van der Waals surface area contributed by atoms with Gasteiger partial charge in [0, 0.05) is 12.1 Å². The first kappa shape index (κ1) is 15.1. The fourth-order valence-corrected chi connectivity index (χ4v) is 2.12. The van der Waals surface area contributed by atoms with E-state index in [2.05, 4.69) is 37.0 Å². The van der Waals surface area contributed by atoms with Crippen LogP contribution in [0.4, 0.5) is 0 Å². The van der Waals surface area contributed by atoms with Crippen LogP contribution in [0.1, 0.15) is 17.5 Å². The van der Waals surface area contributed by atoms with Gasteiger partial charge in [0.05, 0.1) is 0 Å². The number of hydrogen-bond acceptors (Lipinski definition) is 3. The second-order valence-corrected chi connectivity index (χ2v) is 5.36. The quantitative estimate of drug-likeness (QED) is 0.761. The van der Waals surface area contributed by atoms with Gasteiger partial charge in [-0.1, -0.05) is 36.5 Å². The molecule has 0 atom stereocenters. The van der Waals surface area contributed by atoms with E-state index < -0.39 is 0 Å². The Kier molecular flexibility index (Phi) is 6.25. The van der Waals surface area contributed by atoms with Gasteiger partial charge in [-0.15, -0.1) is 0 Å². The van der Waals surface area contributed by atoms with E-state index in [0.717, 1.165) is 25.2 Å². The Morgan fingerprint density at radius 2 is 1.83 bits per heavy atom. The summed E-state index contributed by atoms with van der Waals surface area (Å²) < 4.78 is 0. The van der Waals surface area contributed by atoms with E-state index in [-0.39, 0.29) is 0 Å². The van der Waals surface area contributed by atoms with Gasteiger partial charge in [0.1, 0.15) is 4.99 Å². The third kappa shape index (κ3) is 5.12. The summed E-state index contributed by atoms with van der Waals surface area (Å²) in [6.45, 7) is 3.08. The van der Waals surface area contributed by atoms with Crippen LogP contribution in [0.2, 0.25) is 0 Å². The lowest BCUT2D eigenvalue weighted by atomic mass is 10.1. The Balaban J connectivity index is 2.53. The van der Waals surface area contributed by atoms with Crippen molar-refractivity contribution in [3.63, 3.8) is 0 Å². The van der Waals surface area contributed by atoms with Gasteiger partial charge in [-0.05, 0) is 46.2 Å². The zero-order valence-electron chi connectivity index (χ0n) is 11.5. The van der Waals surface area contributed by atoms with Crippen LogP contribution in [0.25, 0.3) is 0 Å². The highest BCUT2D eigenvalue weighted by Crippen LogP contribution is 2.11. The van der Waals surface area contributed by atoms with Gasteiger partial charge in [-0.3, -0.25) is 0 Å². The topological polar surface area (TPSA) is 32.5 Å². The molecule has 1 aromatic carbocycles. The first-order valence-electron chi connectivity index (χ1n) is 6.21. The van der Waals surface area contributed by atoms with Crippen LogP contribution in [0.5, 0.6) is 0 Å². The standard InChI is InChI=1S/C14H23N3S/c1-16(2)9-6-10-17(3)11-12-7-4-5-8-13(12)14(15)18/h4-5,7-8H,6,9-11H2,1-3H3,(H2,15,18). The summed E-state index contributed by atoms with van der Waals surface area (Å²) in [6, 6.07) is 8.09. The van der Waals surface area contributed by atoms with Crippen LogP contribution in [0, 0.1) is 0 Å². The molecule has 3 nitrogen and oxygen atoms in total. The fraction of sp³-hybridized carbons (Fsp3) is 0.500. The summed E-state index contributed by atoms with van der Waals surface area (Å²) in [4.78, 5) is 4.99. The van der Waals surface area contributed by atoms with Crippen LogP contribution < -0.4 is 5.73 Å². The molecule has 0 heterocycles. The molecule has 0 aromatic heterocycles. The summed E-state index contributed by atoms with van der Waals surface area (Å²) in [5.74, 6) is 0. The first-order valence-corrected chi connectivity index (χ1v) is 6.62. The molecule has 0 amide bonds. The highest BCUT2D eigenvalue weighted by atomic mass is 32.1. The average molecular weight is 265 g/mol. The Hall–Kier alpha value is -0.970. The van der Waals surface area contributed by atoms with Gasteiger partial charge in [-0.25, -0.2) is 0 Å². The molecule has 0 spiro atoms. The van der Waals surface area contributed by atoms with Gasteiger partial charge in [0.2, 0.25) is 0 Å². The van der Waals surface area contributed by atoms with Crippen LogP contribution in [0.15, 0.2) is 24.3 Å². The largest absolute Gasteiger partial charge is 0.389 e. The molecule has 0 unspecified atom stereocenters. The summed E-state index contributed by atoms with van der Waals surface area (Å²) in [5.41, 5.74) is 7.93. The molecule has 1 rings (SSSR count). The van der Waals surface area contributed by atoms with Crippen LogP contribution >= 0.6 is 12.2 Å². The van der Waals surface area contributed by atoms with Crippen LogP contribution in [-0.4, -0.2) is 49.0 Å². The van der Waals surface area contributed by atoms with E-state index in [0.29, 0.717) is 4.99 Å². The van der Waals surface area contributed by atoms with E-state index in [9.17, 15) is 0 Å². The Bertz CT molecular complexity index is 390. The predicted molar refractivity (Wildman–Crippen MR) is 81.8 cm³/mol. The number of nitrogens with zero attached hydrogens (tertiary/aromatic N) is 2. The van der Waals surface area contributed by atoms with E-state index in [1.165, 1.54) is 12.0 Å². The molecular weight excluding hydrogens is 242 g/mol. The Labute approximate surface area is 116 Å². The molecule has 1 aromatic rings. The summed E-state index contributed by atoms with van der Waals surface area (Å²) in [6.07, 6.45) is 1.17. The zero-order chi connectivity index (χ0) is 13.5. The molecular formula is C14H23N3S. The minimum absolute atomic E-state index is 0.479. The third-order valence-electron chi connectivity index (χ3n) is 2.87. The highest BCUT2D eigenvalue weighted by Gasteiger charge is 2.07. The van der Waals surface area contributed by atoms with Crippen molar-refractivity contribution < 1.29 is 0 Å². The molecule has 0 radical (unpaired) electrons. The van der Waals surface area contributed by atoms with Crippen molar-refractivity contribution in [1.82, 2.24) is 9.80 Å². The summed E-state index contributed by atoms with van der Waals surface area (Å²) in [7, 11) is 6.33. The number of rotatable bonds is 7. The van der Waals surface area contributed by atoms with E-state index in [1.54, 1.807) is 0 Å². The molecule has 0 fully saturated rings. The van der Waals surface area contributed by atoms with Crippen molar-refractivity contribution in [2.75, 3.05) is 34.2 Å². The van der Waals surface area contributed by atoms with Crippen molar-refractivity contribution in [1.29, 1.82) is 0 Å². The maximum absolute atomic E-state index is 5.74. The van der Waals surface area contributed by atoms with Crippen molar-refractivity contribution in [3.05, 3.63) is 35.4 Å². The van der Waals surface area contributed by atoms with Crippen LogP contribution in [-0.2, 0) is 6.54 Å². The normalized spacial score (nSPS) is 11.2. The molecule has 18 heavy (non-hydrogen) atoms. The van der Waals surface area contributed by atoms with Crippen molar-refractivity contribution in [3.8, 4) is 0 Å². The molecule has 0 aliphatic rings. The monoisotopic (exact) mass is 265 g/mol. The maximum Gasteiger partial charge on any atom is 0.104 e. The van der Waals surface area contributed by atoms with E-state index >= 15 is 0 Å². The number of benzene rings is 1. The first-order chi connectivity index (χ1) is 8.50. The Morgan fingerprint density at radius 3 is 2.44 bits per heavy atom. The second kappa shape index (κ2) is 7.46. The molecule has 0 saturated heterocycles. The van der Waals surface area contributed by atoms with Gasteiger partial charge in [-0.2, -0.15) is 0 Å². The Morgan fingerprint density at radius 1 is 1.17 bits per heavy atom. The van der Waals surface area contributed by atoms with Crippen LogP contribution in [0.3, 0.4) is 0 Å². The SMILES string of the molecule is CN(C)CCCN(C)Cc1ccccc1C(N)=S. The highest BCUT2D eigenvalue weighted by molar-refractivity contribution is 7.80. The van der Waals surface area contributed by atoms with Gasteiger partial charge in [0.25, 0.3) is 0 Å². The minimum atomic E-state index is 0.479. The van der Waals surface area contributed by atoms with Crippen molar-refractivity contribution in [2.45, 2.75) is 13.0 Å². The summed E-state index contributed by atoms with van der Waals surface area (Å²) >= 11 is 5.08. The van der Waals surface area contributed by atoms with E-state index in [4.69, 9.17) is 18.0 Å². The van der Waals surface area contributed by atoms with Gasteiger partial charge >= 0.3 is 0 Å². The lowest BCUT2D eigenvalue weighted by Gasteiger charge is -2.19. The lowest BCUT2D eigenvalue weighted by Crippen LogP contribution is -2.24. The number of thiocarbonyl (C=S) groups is 1. The van der Waals surface area contributed by atoms with Gasteiger partial charge in [0.15, 0.2) is 0 Å². The molecule has 0 bridgehead atoms. The molecule has 0 saturated carbocycles. The third-order valence-corrected chi connectivity index (χ3v) is 3.09. The minimum Gasteiger partial charge on any atom is -0.389 e. The number of hydrogen-bond donors (Lipinski definition) is 1. The van der Waals surface area contributed by atoms with E-state index in [1.807, 2.05) is 18.2 Å². The molecule has 0 aliphatic carbocycles. The molecule has 0 aliphatic heterocycles. The summed E-state index contributed by atoms with van der Waals surface area (Å²) in [5, 5.41) is 0. The van der Waals surface area contributed by atoms with Crippen molar-refractivity contribution >= 4 is 17.2 Å². The lowest BCUT2D eigenvalue weighted by molar-refractivity contribution is 0.294. The zero-order valence-corrected chi connectivity index (χ0v) is 12.3.